The van der Waals surface area contributed by atoms with Crippen molar-refractivity contribution in [2.45, 2.75) is 58.8 Å². The molecule has 0 saturated heterocycles. The third-order valence-electron chi connectivity index (χ3n) is 4.83. The highest BCUT2D eigenvalue weighted by Crippen LogP contribution is 2.16. The van der Waals surface area contributed by atoms with Gasteiger partial charge in [-0.15, -0.1) is 0 Å². The van der Waals surface area contributed by atoms with Crippen molar-refractivity contribution in [3.05, 3.63) is 55.9 Å². The molecule has 30 heavy (non-hydrogen) atoms. The summed E-state index contributed by atoms with van der Waals surface area (Å²) in [7, 11) is 0. The van der Waals surface area contributed by atoms with Crippen LogP contribution in [-0.4, -0.2) is 36.5 Å². The summed E-state index contributed by atoms with van der Waals surface area (Å²) in [5.41, 5.74) is -0.0891. The average Bonchev–Trinajstić information content (AvgIpc) is 3.16. The first-order chi connectivity index (χ1) is 14.5. The molecule has 1 N–H and O–H groups in total. The molecule has 162 valence electrons. The van der Waals surface area contributed by atoms with Crippen molar-refractivity contribution in [1.82, 2.24) is 18.7 Å². The number of hydrogen-bond donors (Lipinski definition) is 1. The maximum atomic E-state index is 13.1. The molecule has 2 heterocycles. The number of nitrogens with zero attached hydrogens (tertiary/aromatic N) is 4. The van der Waals surface area contributed by atoms with Crippen molar-refractivity contribution in [3.63, 3.8) is 0 Å². The van der Waals surface area contributed by atoms with Crippen LogP contribution in [0.25, 0.3) is 11.2 Å². The number of hydrogen-bond acceptors (Lipinski definition) is 5. The van der Waals surface area contributed by atoms with Crippen molar-refractivity contribution in [3.8, 4) is 5.75 Å². The van der Waals surface area contributed by atoms with Crippen LogP contribution >= 0.6 is 15.9 Å². The normalized spacial score (nSPS) is 12.4. The summed E-state index contributed by atoms with van der Waals surface area (Å²) >= 11 is 3.36. The molecule has 0 saturated carbocycles. The van der Waals surface area contributed by atoms with E-state index >= 15 is 0 Å². The molecule has 8 nitrogen and oxygen atoms in total. The van der Waals surface area contributed by atoms with Gasteiger partial charge in [-0.05, 0) is 37.1 Å². The van der Waals surface area contributed by atoms with E-state index in [9.17, 15) is 14.7 Å². The third-order valence-corrected chi connectivity index (χ3v) is 5.36. The molecule has 1 unspecified atom stereocenters. The first-order valence-electron chi connectivity index (χ1n) is 10.2. The number of fused-ring (bicyclic) bond motifs is 1. The van der Waals surface area contributed by atoms with Gasteiger partial charge >= 0.3 is 5.69 Å². The maximum absolute atomic E-state index is 13.1. The number of aryl methyl sites for hydroxylation is 2. The van der Waals surface area contributed by atoms with Crippen molar-refractivity contribution in [1.29, 1.82) is 0 Å². The summed E-state index contributed by atoms with van der Waals surface area (Å²) in [5, 5.41) is 10.5. The average molecular weight is 479 g/mol. The lowest BCUT2D eigenvalue weighted by Gasteiger charge is -2.16. The molecule has 2 aromatic heterocycles. The molecule has 0 bridgehead atoms. The highest BCUT2D eigenvalue weighted by Gasteiger charge is 2.19. The standard InChI is InChI=1S/C21H27BrN4O4/c1-3-5-11-24-14-23-19-18(24)20(28)26(21(29)25(19)10-4-2)12-16(27)13-30-17-8-6-15(22)7-9-17/h6-9,14,16,27H,3-5,10-13H2,1-2H3. The lowest BCUT2D eigenvalue weighted by atomic mass is 10.3. The topological polar surface area (TPSA) is 91.3 Å². The number of halogens is 1. The summed E-state index contributed by atoms with van der Waals surface area (Å²) in [6.07, 6.45) is 3.21. The van der Waals surface area contributed by atoms with Gasteiger partial charge in [0.25, 0.3) is 5.56 Å². The van der Waals surface area contributed by atoms with Crippen LogP contribution in [-0.2, 0) is 19.6 Å². The van der Waals surface area contributed by atoms with Crippen LogP contribution in [0.3, 0.4) is 0 Å². The largest absolute Gasteiger partial charge is 0.491 e. The monoisotopic (exact) mass is 478 g/mol. The second-order valence-corrected chi connectivity index (χ2v) is 8.15. The van der Waals surface area contributed by atoms with Crippen molar-refractivity contribution >= 4 is 27.1 Å². The van der Waals surface area contributed by atoms with E-state index in [4.69, 9.17) is 4.74 Å². The van der Waals surface area contributed by atoms with E-state index in [0.717, 1.165) is 28.3 Å². The number of benzene rings is 1. The Balaban J connectivity index is 1.90. The third kappa shape index (κ3) is 4.84. The van der Waals surface area contributed by atoms with E-state index in [2.05, 4.69) is 27.8 Å². The Morgan fingerprint density at radius 2 is 1.83 bits per heavy atom. The van der Waals surface area contributed by atoms with E-state index in [1.54, 1.807) is 23.0 Å². The van der Waals surface area contributed by atoms with E-state index in [-0.39, 0.29) is 13.2 Å². The van der Waals surface area contributed by atoms with Gasteiger partial charge < -0.3 is 14.4 Å². The molecule has 0 fully saturated rings. The molecule has 1 aromatic carbocycles. The maximum Gasteiger partial charge on any atom is 0.332 e. The van der Waals surface area contributed by atoms with Crippen molar-refractivity contribution < 1.29 is 9.84 Å². The zero-order valence-corrected chi connectivity index (χ0v) is 18.8. The Bertz CT molecular complexity index is 1100. The fourth-order valence-corrected chi connectivity index (χ4v) is 3.57. The summed E-state index contributed by atoms with van der Waals surface area (Å²) in [6, 6.07) is 7.22. The van der Waals surface area contributed by atoms with E-state index in [1.165, 1.54) is 4.57 Å². The minimum atomic E-state index is -1.02. The summed E-state index contributed by atoms with van der Waals surface area (Å²) in [4.78, 5) is 30.5. The predicted octanol–water partition coefficient (Wildman–Crippen LogP) is 2.77. The Hall–Kier alpha value is -2.39. The van der Waals surface area contributed by atoms with Gasteiger partial charge in [-0.3, -0.25) is 13.9 Å². The van der Waals surface area contributed by atoms with Gasteiger partial charge in [0.15, 0.2) is 11.2 Å². The molecule has 9 heteroatoms. The van der Waals surface area contributed by atoms with Crippen LogP contribution in [0.4, 0.5) is 0 Å². The van der Waals surface area contributed by atoms with Gasteiger partial charge in [0, 0.05) is 17.6 Å². The van der Waals surface area contributed by atoms with Crippen LogP contribution in [0.5, 0.6) is 5.75 Å². The highest BCUT2D eigenvalue weighted by atomic mass is 79.9. The van der Waals surface area contributed by atoms with Gasteiger partial charge in [0.1, 0.15) is 18.5 Å². The number of rotatable bonds is 10. The lowest BCUT2D eigenvalue weighted by Crippen LogP contribution is -2.44. The summed E-state index contributed by atoms with van der Waals surface area (Å²) in [6.45, 7) is 4.96. The van der Waals surface area contributed by atoms with Crippen LogP contribution < -0.4 is 16.0 Å². The van der Waals surface area contributed by atoms with Crippen LogP contribution in [0.2, 0.25) is 0 Å². The van der Waals surface area contributed by atoms with Crippen molar-refractivity contribution in [2.24, 2.45) is 0 Å². The van der Waals surface area contributed by atoms with E-state index in [0.29, 0.717) is 30.0 Å². The van der Waals surface area contributed by atoms with Crippen molar-refractivity contribution in [2.75, 3.05) is 6.61 Å². The van der Waals surface area contributed by atoms with Gasteiger partial charge in [-0.1, -0.05) is 36.2 Å². The Morgan fingerprint density at radius 3 is 2.50 bits per heavy atom. The molecule has 0 amide bonds. The number of ether oxygens (including phenoxy) is 1. The molecule has 1 atom stereocenters. The number of aliphatic hydroxyl groups excluding tert-OH is 1. The Kier molecular flexibility index (Phi) is 7.49. The molecule has 3 aromatic rings. The fourth-order valence-electron chi connectivity index (χ4n) is 3.31. The minimum absolute atomic E-state index is 0.0333. The van der Waals surface area contributed by atoms with Gasteiger partial charge in [-0.25, -0.2) is 9.78 Å². The lowest BCUT2D eigenvalue weighted by molar-refractivity contribution is 0.0901. The SMILES string of the molecule is CCCCn1cnc2c1c(=O)n(CC(O)COc1ccc(Br)cc1)c(=O)n2CCC. The Morgan fingerprint density at radius 1 is 1.10 bits per heavy atom. The molecule has 3 rings (SSSR count). The highest BCUT2D eigenvalue weighted by molar-refractivity contribution is 9.10. The number of aliphatic hydroxyl groups is 1. The molecular formula is C21H27BrN4O4. The molecular weight excluding hydrogens is 452 g/mol. The quantitative estimate of drug-likeness (QED) is 0.483. The number of aromatic nitrogens is 4. The molecule has 0 spiro atoms. The molecule has 0 radical (unpaired) electrons. The fraction of sp³-hybridized carbons (Fsp3) is 0.476. The summed E-state index contributed by atoms with van der Waals surface area (Å²) < 4.78 is 10.9. The molecule has 0 aliphatic carbocycles. The van der Waals surface area contributed by atoms with Gasteiger partial charge in [-0.2, -0.15) is 0 Å². The number of imidazole rings is 1. The Labute approximate surface area is 182 Å². The second-order valence-electron chi connectivity index (χ2n) is 7.23. The first-order valence-corrected chi connectivity index (χ1v) is 11.0. The van der Waals surface area contributed by atoms with E-state index in [1.807, 2.05) is 19.1 Å². The summed E-state index contributed by atoms with van der Waals surface area (Å²) in [5.74, 6) is 0.598. The van der Waals surface area contributed by atoms with Crippen LogP contribution in [0.1, 0.15) is 33.1 Å². The van der Waals surface area contributed by atoms with E-state index < -0.39 is 17.4 Å². The van der Waals surface area contributed by atoms with Gasteiger partial charge in [0.05, 0.1) is 12.9 Å². The first kappa shape index (κ1) is 22.3. The smallest absolute Gasteiger partial charge is 0.332 e. The van der Waals surface area contributed by atoms with Crippen LogP contribution in [0, 0.1) is 0 Å². The minimum Gasteiger partial charge on any atom is -0.491 e. The zero-order valence-electron chi connectivity index (χ0n) is 17.3. The second kappa shape index (κ2) is 10.1. The molecule has 0 aliphatic rings. The molecule has 0 aliphatic heterocycles. The number of unbranched alkanes of at least 4 members (excludes halogenated alkanes) is 1. The van der Waals surface area contributed by atoms with Gasteiger partial charge in [0.2, 0.25) is 0 Å². The predicted molar refractivity (Wildman–Crippen MR) is 119 cm³/mol. The van der Waals surface area contributed by atoms with Crippen LogP contribution in [0.15, 0.2) is 44.7 Å². The zero-order chi connectivity index (χ0) is 21.7.